The van der Waals surface area contributed by atoms with Gasteiger partial charge in [-0.05, 0) is 43.9 Å². The number of nitrogens with zero attached hydrogens (tertiary/aromatic N) is 1. The van der Waals surface area contributed by atoms with Gasteiger partial charge < -0.3 is 15.4 Å². The van der Waals surface area contributed by atoms with Crippen LogP contribution >= 0.6 is 0 Å². The number of nitrogens with two attached hydrogens (primary N) is 1. The molecule has 1 unspecified atom stereocenters. The molecule has 0 radical (unpaired) electrons. The Kier molecular flexibility index (Phi) is 3.13. The van der Waals surface area contributed by atoms with Gasteiger partial charge in [-0.2, -0.15) is 0 Å². The minimum Gasteiger partial charge on any atom is -0.480 e. The maximum atomic E-state index is 11.1. The van der Waals surface area contributed by atoms with E-state index in [-0.39, 0.29) is 6.04 Å². The zero-order chi connectivity index (χ0) is 13.4. The molecule has 1 aromatic heterocycles. The van der Waals surface area contributed by atoms with E-state index in [0.717, 1.165) is 16.5 Å². The first-order valence-corrected chi connectivity index (χ1v) is 6.01. The summed E-state index contributed by atoms with van der Waals surface area (Å²) in [6, 6.07) is 7.14. The number of carboxylic acids is 1. The first kappa shape index (κ1) is 12.6. The number of aryl methyl sites for hydroxylation is 1. The highest BCUT2D eigenvalue weighted by molar-refractivity contribution is 5.85. The van der Waals surface area contributed by atoms with Gasteiger partial charge in [0.1, 0.15) is 6.04 Å². The number of aromatic nitrogens is 1. The van der Waals surface area contributed by atoms with Crippen LogP contribution in [0.1, 0.15) is 37.2 Å². The Balaban J connectivity index is 2.73. The number of carboxylic acid groups (broad SMARTS) is 1. The van der Waals surface area contributed by atoms with Gasteiger partial charge in [0, 0.05) is 17.3 Å². The first-order valence-electron chi connectivity index (χ1n) is 6.01. The Hall–Kier alpha value is -1.81. The van der Waals surface area contributed by atoms with Crippen molar-refractivity contribution in [3.05, 3.63) is 35.5 Å². The van der Waals surface area contributed by atoms with Crippen LogP contribution in [0.15, 0.2) is 24.3 Å². The van der Waals surface area contributed by atoms with Crippen LogP contribution in [0.3, 0.4) is 0 Å². The summed E-state index contributed by atoms with van der Waals surface area (Å²) in [5.74, 6) is -1.00. The molecule has 1 atom stereocenters. The summed E-state index contributed by atoms with van der Waals surface area (Å²) in [5, 5.41) is 10.1. The first-order chi connectivity index (χ1) is 8.41. The van der Waals surface area contributed by atoms with Crippen LogP contribution in [0.5, 0.6) is 0 Å². The molecule has 0 amide bonds. The summed E-state index contributed by atoms with van der Waals surface area (Å²) in [7, 11) is 0. The third-order valence-corrected chi connectivity index (χ3v) is 3.13. The molecule has 0 saturated heterocycles. The standard InChI is InChI=1S/C14H18N2O2/c1-8(2)16-11-6-9(3)4-5-10(11)7-12(16)13(15)14(17)18/h4-8,13H,15H2,1-3H3,(H,17,18). The molecule has 18 heavy (non-hydrogen) atoms. The minimum absolute atomic E-state index is 0.171. The molecule has 0 fully saturated rings. The second-order valence-corrected chi connectivity index (χ2v) is 4.91. The predicted molar refractivity (Wildman–Crippen MR) is 71.6 cm³/mol. The smallest absolute Gasteiger partial charge is 0.326 e. The molecule has 4 nitrogen and oxygen atoms in total. The Morgan fingerprint density at radius 2 is 2.00 bits per heavy atom. The van der Waals surface area contributed by atoms with E-state index in [1.54, 1.807) is 0 Å². The summed E-state index contributed by atoms with van der Waals surface area (Å²) in [4.78, 5) is 11.1. The van der Waals surface area contributed by atoms with Crippen molar-refractivity contribution in [3.8, 4) is 0 Å². The molecule has 2 aromatic rings. The van der Waals surface area contributed by atoms with Crippen LogP contribution in [0, 0.1) is 6.92 Å². The molecule has 0 aliphatic heterocycles. The normalized spacial score (nSPS) is 13.2. The molecular weight excluding hydrogens is 228 g/mol. The van der Waals surface area contributed by atoms with Crippen LogP contribution in [0.4, 0.5) is 0 Å². The van der Waals surface area contributed by atoms with Crippen molar-refractivity contribution >= 4 is 16.9 Å². The fraction of sp³-hybridized carbons (Fsp3) is 0.357. The molecular formula is C14H18N2O2. The zero-order valence-electron chi connectivity index (χ0n) is 10.8. The second-order valence-electron chi connectivity index (χ2n) is 4.91. The van der Waals surface area contributed by atoms with E-state index < -0.39 is 12.0 Å². The van der Waals surface area contributed by atoms with Crippen molar-refractivity contribution in [3.63, 3.8) is 0 Å². The third-order valence-electron chi connectivity index (χ3n) is 3.13. The quantitative estimate of drug-likeness (QED) is 0.874. The average Bonchev–Trinajstić information content (AvgIpc) is 2.65. The minimum atomic E-state index is -1.00. The van der Waals surface area contributed by atoms with Gasteiger partial charge in [0.05, 0.1) is 0 Å². The number of benzene rings is 1. The Morgan fingerprint density at radius 1 is 1.33 bits per heavy atom. The SMILES string of the molecule is Cc1ccc2cc(C(N)C(=O)O)n(C(C)C)c2c1. The fourth-order valence-electron chi connectivity index (χ4n) is 2.29. The van der Waals surface area contributed by atoms with E-state index in [1.165, 1.54) is 0 Å². The molecule has 4 heteroatoms. The highest BCUT2D eigenvalue weighted by Crippen LogP contribution is 2.28. The summed E-state index contributed by atoms with van der Waals surface area (Å²) in [6.07, 6.45) is 0. The van der Waals surface area contributed by atoms with E-state index in [9.17, 15) is 4.79 Å². The number of carbonyl (C=O) groups is 1. The van der Waals surface area contributed by atoms with Crippen molar-refractivity contribution in [1.82, 2.24) is 4.57 Å². The lowest BCUT2D eigenvalue weighted by Crippen LogP contribution is -2.24. The largest absolute Gasteiger partial charge is 0.480 e. The van der Waals surface area contributed by atoms with Crippen molar-refractivity contribution in [1.29, 1.82) is 0 Å². The molecule has 0 spiro atoms. The Morgan fingerprint density at radius 3 is 2.56 bits per heavy atom. The van der Waals surface area contributed by atoms with E-state index in [4.69, 9.17) is 10.8 Å². The van der Waals surface area contributed by atoms with Crippen LogP contribution < -0.4 is 5.73 Å². The van der Waals surface area contributed by atoms with Crippen LogP contribution in [-0.2, 0) is 4.79 Å². The molecule has 0 saturated carbocycles. The van der Waals surface area contributed by atoms with E-state index >= 15 is 0 Å². The summed E-state index contributed by atoms with van der Waals surface area (Å²) < 4.78 is 2.00. The highest BCUT2D eigenvalue weighted by Gasteiger charge is 2.21. The van der Waals surface area contributed by atoms with Crippen molar-refractivity contribution in [2.75, 3.05) is 0 Å². The molecule has 96 valence electrons. The third kappa shape index (κ3) is 1.99. The second kappa shape index (κ2) is 4.46. The average molecular weight is 246 g/mol. The topological polar surface area (TPSA) is 68.2 Å². The van der Waals surface area contributed by atoms with Crippen molar-refractivity contribution in [2.24, 2.45) is 5.73 Å². The number of hydrogen-bond acceptors (Lipinski definition) is 2. The summed E-state index contributed by atoms with van der Waals surface area (Å²) >= 11 is 0. The van der Waals surface area contributed by atoms with Gasteiger partial charge in [-0.1, -0.05) is 12.1 Å². The lowest BCUT2D eigenvalue weighted by molar-refractivity contribution is -0.138. The molecule has 0 aliphatic rings. The van der Waals surface area contributed by atoms with E-state index in [2.05, 4.69) is 6.07 Å². The highest BCUT2D eigenvalue weighted by atomic mass is 16.4. The van der Waals surface area contributed by atoms with E-state index in [0.29, 0.717) is 5.69 Å². The number of rotatable bonds is 3. The Bertz CT molecular complexity index is 599. The molecule has 3 N–H and O–H groups in total. The molecule has 0 aliphatic carbocycles. The van der Waals surface area contributed by atoms with E-state index in [1.807, 2.05) is 43.5 Å². The number of aliphatic carboxylic acids is 1. The zero-order valence-corrected chi connectivity index (χ0v) is 10.8. The monoisotopic (exact) mass is 246 g/mol. The van der Waals surface area contributed by atoms with Crippen LogP contribution in [-0.4, -0.2) is 15.6 Å². The van der Waals surface area contributed by atoms with Crippen molar-refractivity contribution < 1.29 is 9.90 Å². The van der Waals surface area contributed by atoms with Crippen molar-refractivity contribution in [2.45, 2.75) is 32.9 Å². The maximum Gasteiger partial charge on any atom is 0.326 e. The van der Waals surface area contributed by atoms with Crippen LogP contribution in [0.2, 0.25) is 0 Å². The van der Waals surface area contributed by atoms with Gasteiger partial charge in [-0.3, -0.25) is 4.79 Å². The van der Waals surface area contributed by atoms with Gasteiger partial charge in [-0.15, -0.1) is 0 Å². The van der Waals surface area contributed by atoms with Gasteiger partial charge >= 0.3 is 5.97 Å². The lowest BCUT2D eigenvalue weighted by atomic mass is 10.2. The van der Waals surface area contributed by atoms with Gasteiger partial charge in [-0.25, -0.2) is 0 Å². The number of hydrogen-bond donors (Lipinski definition) is 2. The fourth-order valence-corrected chi connectivity index (χ4v) is 2.29. The van der Waals surface area contributed by atoms with Crippen LogP contribution in [0.25, 0.3) is 10.9 Å². The molecule has 2 rings (SSSR count). The van der Waals surface area contributed by atoms with Gasteiger partial charge in [0.25, 0.3) is 0 Å². The lowest BCUT2D eigenvalue weighted by Gasteiger charge is -2.17. The number of fused-ring (bicyclic) bond motifs is 1. The summed E-state index contributed by atoms with van der Waals surface area (Å²) in [6.45, 7) is 6.08. The predicted octanol–water partition coefficient (Wildman–Crippen LogP) is 2.62. The maximum absolute atomic E-state index is 11.1. The van der Waals surface area contributed by atoms with Gasteiger partial charge in [0.2, 0.25) is 0 Å². The Labute approximate surface area is 106 Å². The molecule has 0 bridgehead atoms. The van der Waals surface area contributed by atoms with Gasteiger partial charge in [0.15, 0.2) is 0 Å². The molecule has 1 heterocycles. The molecule has 1 aromatic carbocycles. The summed E-state index contributed by atoms with van der Waals surface area (Å²) in [5.41, 5.74) is 8.60.